The molecule has 1 aliphatic carbocycles. The lowest BCUT2D eigenvalue weighted by molar-refractivity contribution is -0.175. The van der Waals surface area contributed by atoms with Crippen molar-refractivity contribution in [1.82, 2.24) is 15.3 Å². The summed E-state index contributed by atoms with van der Waals surface area (Å²) in [7, 11) is 0. The quantitative estimate of drug-likeness (QED) is 0.869. The summed E-state index contributed by atoms with van der Waals surface area (Å²) < 4.78 is 37.8. The van der Waals surface area contributed by atoms with Gasteiger partial charge >= 0.3 is 6.30 Å². The molecule has 0 bridgehead atoms. The van der Waals surface area contributed by atoms with Gasteiger partial charge in [0.1, 0.15) is 6.33 Å². The molecule has 0 radical (unpaired) electrons. The van der Waals surface area contributed by atoms with E-state index < -0.39 is 23.5 Å². The van der Waals surface area contributed by atoms with Gasteiger partial charge in [-0.05, 0) is 12.0 Å². The summed E-state index contributed by atoms with van der Waals surface area (Å²) in [5, 5.41) is 1.15. The molecule has 1 heterocycles. The van der Waals surface area contributed by atoms with Crippen LogP contribution in [-0.4, -0.2) is 22.2 Å². The van der Waals surface area contributed by atoms with E-state index in [4.69, 9.17) is 0 Å². The van der Waals surface area contributed by atoms with Crippen LogP contribution in [-0.2, 0) is 4.79 Å². The standard InChI is InChI=1S/C15H16F3N3O/c1-2-6-14(13(22)21-15(16,17)18)7-4-3-5-12(14)11-8-19-10-20-9-11/h3-5,7-10,12H,2,6H2,1H3,(H,21,22). The molecular formula is C15H16F3N3O. The predicted octanol–water partition coefficient (Wildman–Crippen LogP) is 3.11. The molecule has 0 saturated carbocycles. The van der Waals surface area contributed by atoms with Crippen molar-refractivity contribution in [3.8, 4) is 0 Å². The van der Waals surface area contributed by atoms with Crippen LogP contribution in [0.1, 0.15) is 31.2 Å². The number of rotatable bonds is 4. The van der Waals surface area contributed by atoms with E-state index in [2.05, 4.69) is 9.97 Å². The minimum absolute atomic E-state index is 0.287. The number of halogens is 3. The summed E-state index contributed by atoms with van der Waals surface area (Å²) in [6, 6.07) is 0. The molecule has 4 nitrogen and oxygen atoms in total. The molecule has 1 aromatic heterocycles. The van der Waals surface area contributed by atoms with Gasteiger partial charge < -0.3 is 0 Å². The summed E-state index contributed by atoms with van der Waals surface area (Å²) in [4.78, 5) is 20.1. The highest BCUT2D eigenvalue weighted by Crippen LogP contribution is 2.44. The molecule has 22 heavy (non-hydrogen) atoms. The average Bonchev–Trinajstić information content (AvgIpc) is 2.47. The highest BCUT2D eigenvalue weighted by molar-refractivity contribution is 5.87. The van der Waals surface area contributed by atoms with Crippen molar-refractivity contribution < 1.29 is 18.0 Å². The number of hydrogen-bond donors (Lipinski definition) is 1. The highest BCUT2D eigenvalue weighted by Gasteiger charge is 2.47. The second-order valence-electron chi connectivity index (χ2n) is 5.14. The third-order valence-electron chi connectivity index (χ3n) is 3.64. The first kappa shape index (κ1) is 16.2. The van der Waals surface area contributed by atoms with Gasteiger partial charge in [-0.2, -0.15) is 13.2 Å². The zero-order valence-corrected chi connectivity index (χ0v) is 12.0. The molecule has 1 amide bonds. The molecule has 7 heteroatoms. The van der Waals surface area contributed by atoms with Crippen LogP contribution < -0.4 is 5.32 Å². The Morgan fingerprint density at radius 2 is 2.00 bits per heavy atom. The van der Waals surface area contributed by atoms with E-state index in [0.29, 0.717) is 12.0 Å². The van der Waals surface area contributed by atoms with Crippen LogP contribution >= 0.6 is 0 Å². The summed E-state index contributed by atoms with van der Waals surface area (Å²) in [5.74, 6) is -1.60. The Balaban J connectivity index is 2.44. The lowest BCUT2D eigenvalue weighted by Crippen LogP contribution is -2.49. The van der Waals surface area contributed by atoms with E-state index in [-0.39, 0.29) is 6.42 Å². The molecule has 0 aromatic carbocycles. The van der Waals surface area contributed by atoms with E-state index in [0.717, 1.165) is 5.32 Å². The van der Waals surface area contributed by atoms with Crippen LogP contribution in [0.3, 0.4) is 0 Å². The minimum atomic E-state index is -4.76. The van der Waals surface area contributed by atoms with E-state index in [9.17, 15) is 18.0 Å². The molecule has 2 atom stereocenters. The monoisotopic (exact) mass is 311 g/mol. The number of carbonyl (C=O) groups is 1. The lowest BCUT2D eigenvalue weighted by atomic mass is 9.67. The van der Waals surface area contributed by atoms with Crippen molar-refractivity contribution in [2.75, 3.05) is 0 Å². The fraction of sp³-hybridized carbons (Fsp3) is 0.400. The zero-order chi connectivity index (χ0) is 16.2. The molecular weight excluding hydrogens is 295 g/mol. The van der Waals surface area contributed by atoms with Gasteiger partial charge in [0, 0.05) is 18.3 Å². The van der Waals surface area contributed by atoms with Crippen LogP contribution in [0.2, 0.25) is 0 Å². The number of alkyl halides is 3. The molecule has 0 spiro atoms. The number of allylic oxidation sites excluding steroid dienone is 3. The maximum atomic E-state index is 12.6. The normalized spacial score (nSPS) is 24.3. The molecule has 2 rings (SSSR count). The Morgan fingerprint density at radius 1 is 1.32 bits per heavy atom. The summed E-state index contributed by atoms with van der Waals surface area (Å²) >= 11 is 0. The van der Waals surface area contributed by atoms with Gasteiger partial charge in [0.15, 0.2) is 0 Å². The Bertz CT molecular complexity index is 583. The number of hydrogen-bond acceptors (Lipinski definition) is 3. The van der Waals surface area contributed by atoms with Crippen LogP contribution in [0.25, 0.3) is 0 Å². The largest absolute Gasteiger partial charge is 0.484 e. The van der Waals surface area contributed by atoms with Gasteiger partial charge in [0.2, 0.25) is 5.91 Å². The Kier molecular flexibility index (Phi) is 4.63. The van der Waals surface area contributed by atoms with E-state index >= 15 is 0 Å². The first-order chi connectivity index (χ1) is 10.4. The van der Waals surface area contributed by atoms with E-state index in [1.54, 1.807) is 18.2 Å². The first-order valence-electron chi connectivity index (χ1n) is 6.89. The molecule has 118 valence electrons. The minimum Gasteiger partial charge on any atom is -0.274 e. The molecule has 1 aromatic rings. The lowest BCUT2D eigenvalue weighted by Gasteiger charge is -2.37. The van der Waals surface area contributed by atoms with E-state index in [1.165, 1.54) is 24.8 Å². The smallest absolute Gasteiger partial charge is 0.274 e. The van der Waals surface area contributed by atoms with Gasteiger partial charge in [-0.25, -0.2) is 9.97 Å². The van der Waals surface area contributed by atoms with Crippen LogP contribution in [0.15, 0.2) is 43.0 Å². The van der Waals surface area contributed by atoms with Gasteiger partial charge in [-0.3, -0.25) is 10.1 Å². The van der Waals surface area contributed by atoms with E-state index in [1.807, 2.05) is 6.92 Å². The van der Waals surface area contributed by atoms with Gasteiger partial charge in [-0.15, -0.1) is 0 Å². The third kappa shape index (κ3) is 3.35. The second-order valence-corrected chi connectivity index (χ2v) is 5.14. The fourth-order valence-electron chi connectivity index (χ4n) is 2.79. The Morgan fingerprint density at radius 3 is 2.59 bits per heavy atom. The fourth-order valence-corrected chi connectivity index (χ4v) is 2.79. The van der Waals surface area contributed by atoms with Gasteiger partial charge in [0.05, 0.1) is 5.41 Å². The van der Waals surface area contributed by atoms with Crippen LogP contribution in [0.4, 0.5) is 13.2 Å². The third-order valence-corrected chi connectivity index (χ3v) is 3.64. The number of carbonyl (C=O) groups excluding carboxylic acids is 1. The Labute approximate surface area is 126 Å². The summed E-state index contributed by atoms with van der Waals surface area (Å²) in [6.45, 7) is 1.83. The molecule has 0 aliphatic heterocycles. The number of nitrogens with zero attached hydrogens (tertiary/aromatic N) is 2. The van der Waals surface area contributed by atoms with Crippen molar-refractivity contribution in [2.45, 2.75) is 32.0 Å². The van der Waals surface area contributed by atoms with Crippen molar-refractivity contribution in [2.24, 2.45) is 5.41 Å². The van der Waals surface area contributed by atoms with Gasteiger partial charge in [0.25, 0.3) is 0 Å². The summed E-state index contributed by atoms with van der Waals surface area (Å²) in [5.41, 5.74) is -0.696. The van der Waals surface area contributed by atoms with Crippen molar-refractivity contribution in [3.05, 3.63) is 48.6 Å². The number of nitrogens with one attached hydrogen (secondary N) is 1. The SMILES string of the molecule is CCCC1(C(=O)NC(F)(F)F)C=CC=CC1c1cncnc1. The number of aromatic nitrogens is 2. The number of amides is 1. The molecule has 1 N–H and O–H groups in total. The topological polar surface area (TPSA) is 54.9 Å². The maximum Gasteiger partial charge on any atom is 0.484 e. The molecule has 0 fully saturated rings. The molecule has 2 unspecified atom stereocenters. The maximum absolute atomic E-state index is 12.6. The van der Waals surface area contributed by atoms with Crippen LogP contribution in [0.5, 0.6) is 0 Å². The van der Waals surface area contributed by atoms with Crippen LogP contribution in [0, 0.1) is 5.41 Å². The van der Waals surface area contributed by atoms with Crippen molar-refractivity contribution in [1.29, 1.82) is 0 Å². The zero-order valence-electron chi connectivity index (χ0n) is 12.0. The molecule has 0 saturated heterocycles. The first-order valence-corrected chi connectivity index (χ1v) is 6.89. The molecule has 1 aliphatic rings. The Hall–Kier alpha value is -2.18. The summed E-state index contributed by atoms with van der Waals surface area (Å²) in [6.07, 6.45) is 7.04. The predicted molar refractivity (Wildman–Crippen MR) is 74.6 cm³/mol. The van der Waals surface area contributed by atoms with Crippen molar-refractivity contribution >= 4 is 5.91 Å². The average molecular weight is 311 g/mol. The van der Waals surface area contributed by atoms with Crippen molar-refractivity contribution in [3.63, 3.8) is 0 Å². The van der Waals surface area contributed by atoms with Gasteiger partial charge in [-0.1, -0.05) is 37.6 Å². The highest BCUT2D eigenvalue weighted by atomic mass is 19.4. The second kappa shape index (κ2) is 6.29.